The van der Waals surface area contributed by atoms with Crippen LogP contribution in [0.1, 0.15) is 52.4 Å². The van der Waals surface area contributed by atoms with Gasteiger partial charge in [0.2, 0.25) is 0 Å². The Kier molecular flexibility index (Phi) is 5.51. The highest BCUT2D eigenvalue weighted by Gasteiger charge is 2.18. The van der Waals surface area contributed by atoms with Gasteiger partial charge in [-0.3, -0.25) is 0 Å². The van der Waals surface area contributed by atoms with Gasteiger partial charge in [0.1, 0.15) is 12.2 Å². The summed E-state index contributed by atoms with van der Waals surface area (Å²) in [6, 6.07) is 0. The molecule has 0 saturated heterocycles. The maximum absolute atomic E-state index is 11.3. The van der Waals surface area contributed by atoms with E-state index < -0.39 is 6.16 Å². The largest absolute Gasteiger partial charge is 0.508 e. The van der Waals surface area contributed by atoms with Gasteiger partial charge in [-0.1, -0.05) is 19.8 Å². The Labute approximate surface area is 92.1 Å². The van der Waals surface area contributed by atoms with Crippen LogP contribution in [0, 0.1) is 6.42 Å². The fourth-order valence-electron chi connectivity index (χ4n) is 1.74. The fraction of sp³-hybridized carbons (Fsp3) is 0.833. The van der Waals surface area contributed by atoms with Gasteiger partial charge in [-0.2, -0.15) is 0 Å². The maximum atomic E-state index is 11.3. The van der Waals surface area contributed by atoms with E-state index in [0.717, 1.165) is 25.7 Å². The number of hydrogen-bond acceptors (Lipinski definition) is 3. The molecule has 1 atom stereocenters. The molecule has 3 heteroatoms. The molecule has 0 unspecified atom stereocenters. The van der Waals surface area contributed by atoms with E-state index in [9.17, 15) is 4.79 Å². The van der Waals surface area contributed by atoms with Gasteiger partial charge in [0.05, 0.1) is 0 Å². The van der Waals surface area contributed by atoms with Crippen molar-refractivity contribution in [1.29, 1.82) is 0 Å². The molecule has 0 N–H and O–H groups in total. The molecule has 0 aromatic carbocycles. The molecule has 1 aliphatic rings. The Hall–Kier alpha value is -0.730. The van der Waals surface area contributed by atoms with Crippen LogP contribution in [0.4, 0.5) is 4.79 Å². The summed E-state index contributed by atoms with van der Waals surface area (Å²) in [5.41, 5.74) is 0. The lowest BCUT2D eigenvalue weighted by atomic mass is 10.2. The summed E-state index contributed by atoms with van der Waals surface area (Å²) in [4.78, 5) is 11.3. The zero-order valence-corrected chi connectivity index (χ0v) is 9.70. The van der Waals surface area contributed by atoms with Gasteiger partial charge in [0.15, 0.2) is 0 Å². The molecule has 3 nitrogen and oxygen atoms in total. The van der Waals surface area contributed by atoms with Crippen LogP contribution in [0.15, 0.2) is 0 Å². The minimum atomic E-state index is -0.521. The Morgan fingerprint density at radius 1 is 1.27 bits per heavy atom. The van der Waals surface area contributed by atoms with E-state index >= 15 is 0 Å². The van der Waals surface area contributed by atoms with Crippen LogP contribution in [0.25, 0.3) is 0 Å². The molecule has 1 radical (unpaired) electrons. The molecule has 0 spiro atoms. The van der Waals surface area contributed by atoms with Crippen LogP contribution in [0.2, 0.25) is 0 Å². The highest BCUT2D eigenvalue weighted by atomic mass is 16.7. The van der Waals surface area contributed by atoms with Crippen LogP contribution >= 0.6 is 0 Å². The van der Waals surface area contributed by atoms with Crippen molar-refractivity contribution in [3.8, 4) is 0 Å². The van der Waals surface area contributed by atoms with Gasteiger partial charge in [0, 0.05) is 0 Å². The van der Waals surface area contributed by atoms with Crippen LogP contribution in [0.5, 0.6) is 0 Å². The lowest BCUT2D eigenvalue weighted by Gasteiger charge is -2.17. The minimum Gasteiger partial charge on any atom is -0.431 e. The first-order valence-corrected chi connectivity index (χ1v) is 5.89. The Morgan fingerprint density at radius 3 is 2.40 bits per heavy atom. The van der Waals surface area contributed by atoms with E-state index in [0.29, 0.717) is 0 Å². The molecule has 0 heterocycles. The van der Waals surface area contributed by atoms with Gasteiger partial charge in [-0.15, -0.1) is 0 Å². The topological polar surface area (TPSA) is 35.5 Å². The highest BCUT2D eigenvalue weighted by molar-refractivity contribution is 5.60. The molecule has 1 fully saturated rings. The number of carbonyl (C=O) groups is 1. The Morgan fingerprint density at radius 2 is 1.87 bits per heavy atom. The molecule has 1 rings (SSSR count). The number of rotatable bonds is 3. The van der Waals surface area contributed by atoms with E-state index in [1.807, 2.05) is 20.3 Å². The van der Waals surface area contributed by atoms with E-state index in [-0.39, 0.29) is 12.2 Å². The van der Waals surface area contributed by atoms with Gasteiger partial charge in [0.25, 0.3) is 0 Å². The molecular formula is C12H21O3. The summed E-state index contributed by atoms with van der Waals surface area (Å²) in [6.07, 6.45) is 8.02. The Balaban J connectivity index is 2.23. The molecular weight excluding hydrogens is 192 g/mol. The first-order chi connectivity index (χ1) is 7.22. The van der Waals surface area contributed by atoms with E-state index in [2.05, 4.69) is 0 Å². The molecule has 0 amide bonds. The number of hydrogen-bond donors (Lipinski definition) is 0. The summed E-state index contributed by atoms with van der Waals surface area (Å²) in [6.45, 7) is 3.69. The molecule has 15 heavy (non-hydrogen) atoms. The van der Waals surface area contributed by atoms with E-state index in [1.54, 1.807) is 0 Å². The van der Waals surface area contributed by atoms with Crippen LogP contribution in [0.3, 0.4) is 0 Å². The van der Waals surface area contributed by atoms with E-state index in [1.165, 1.54) is 12.8 Å². The lowest BCUT2D eigenvalue weighted by molar-refractivity contribution is 0.00573. The first kappa shape index (κ1) is 12.3. The fourth-order valence-corrected chi connectivity index (χ4v) is 1.74. The summed E-state index contributed by atoms with van der Waals surface area (Å²) in [5, 5.41) is 0. The average molecular weight is 213 g/mol. The maximum Gasteiger partial charge on any atom is 0.508 e. The van der Waals surface area contributed by atoms with Crippen molar-refractivity contribution in [2.45, 2.75) is 64.6 Å². The van der Waals surface area contributed by atoms with Crippen molar-refractivity contribution >= 4 is 6.16 Å². The third kappa shape index (κ3) is 5.05. The van der Waals surface area contributed by atoms with Crippen molar-refractivity contribution in [2.75, 3.05) is 0 Å². The summed E-state index contributed by atoms with van der Waals surface area (Å²) in [7, 11) is 0. The molecule has 0 aromatic rings. The molecule has 0 aliphatic heterocycles. The third-order valence-electron chi connectivity index (χ3n) is 2.82. The Bertz CT molecular complexity index is 183. The normalized spacial score (nSPS) is 20.4. The van der Waals surface area contributed by atoms with E-state index in [4.69, 9.17) is 9.47 Å². The quantitative estimate of drug-likeness (QED) is 0.532. The van der Waals surface area contributed by atoms with Crippen LogP contribution < -0.4 is 0 Å². The molecule has 0 aromatic heterocycles. The summed E-state index contributed by atoms with van der Waals surface area (Å²) in [5.74, 6) is 0. The van der Waals surface area contributed by atoms with Crippen molar-refractivity contribution in [3.63, 3.8) is 0 Å². The van der Waals surface area contributed by atoms with Crippen molar-refractivity contribution < 1.29 is 14.3 Å². The van der Waals surface area contributed by atoms with Crippen molar-refractivity contribution in [1.82, 2.24) is 0 Å². The molecule has 87 valence electrons. The number of ether oxygens (including phenoxy) is 2. The number of carbonyl (C=O) groups excluding carboxylic acids is 1. The minimum absolute atomic E-state index is 0.0732. The van der Waals surface area contributed by atoms with Gasteiger partial charge >= 0.3 is 6.16 Å². The average Bonchev–Trinajstić information content (AvgIpc) is 2.46. The lowest BCUT2D eigenvalue weighted by Crippen LogP contribution is -2.21. The van der Waals surface area contributed by atoms with Gasteiger partial charge in [-0.05, 0) is 39.0 Å². The zero-order valence-electron chi connectivity index (χ0n) is 9.70. The highest BCUT2D eigenvalue weighted by Crippen LogP contribution is 2.20. The van der Waals surface area contributed by atoms with Crippen molar-refractivity contribution in [3.05, 3.63) is 6.42 Å². The van der Waals surface area contributed by atoms with Gasteiger partial charge in [-0.25, -0.2) is 4.79 Å². The monoisotopic (exact) mass is 213 g/mol. The van der Waals surface area contributed by atoms with Crippen LogP contribution in [-0.2, 0) is 9.47 Å². The summed E-state index contributed by atoms with van der Waals surface area (Å²) < 4.78 is 10.3. The predicted octanol–water partition coefficient (Wildman–Crippen LogP) is 3.48. The smallest absolute Gasteiger partial charge is 0.431 e. The second-order valence-corrected chi connectivity index (χ2v) is 4.14. The molecule has 1 saturated carbocycles. The zero-order chi connectivity index (χ0) is 11.1. The summed E-state index contributed by atoms with van der Waals surface area (Å²) >= 11 is 0. The standard InChI is InChI=1S/C12H21O3/c1-3-10(2)14-12(13)15-11-8-6-4-5-7-9-11/h3,10-11H,4-9H2,1-2H3/t10-/m1/s1. The van der Waals surface area contributed by atoms with Gasteiger partial charge < -0.3 is 9.47 Å². The molecule has 1 aliphatic carbocycles. The second kappa shape index (κ2) is 6.70. The third-order valence-corrected chi connectivity index (χ3v) is 2.82. The van der Waals surface area contributed by atoms with Crippen molar-refractivity contribution in [2.24, 2.45) is 0 Å². The predicted molar refractivity (Wildman–Crippen MR) is 58.5 cm³/mol. The molecule has 0 bridgehead atoms. The van der Waals surface area contributed by atoms with Crippen LogP contribution in [-0.4, -0.2) is 18.4 Å². The second-order valence-electron chi connectivity index (χ2n) is 4.14. The SMILES string of the molecule is C[CH][C@@H](C)OC(=O)OC1CCCCCC1. The first-order valence-electron chi connectivity index (χ1n) is 5.89.